The molecule has 1 fully saturated rings. The lowest BCUT2D eigenvalue weighted by molar-refractivity contribution is -0.144. The van der Waals surface area contributed by atoms with Crippen LogP contribution in [0.5, 0.6) is 0 Å². The van der Waals surface area contributed by atoms with Crippen molar-refractivity contribution in [3.63, 3.8) is 0 Å². The second-order valence-corrected chi connectivity index (χ2v) is 4.88. The fraction of sp³-hybridized carbons (Fsp3) is 0.714. The molecule has 0 saturated carbocycles. The summed E-state index contributed by atoms with van der Waals surface area (Å²) in [7, 11) is 0. The molecule has 0 amide bonds. The molecule has 0 bridgehead atoms. The van der Waals surface area contributed by atoms with E-state index in [4.69, 9.17) is 4.74 Å². The van der Waals surface area contributed by atoms with Gasteiger partial charge in [0.1, 0.15) is 6.04 Å². The third-order valence-corrected chi connectivity index (χ3v) is 3.56. The highest BCUT2D eigenvalue weighted by Crippen LogP contribution is 2.16. The van der Waals surface area contributed by atoms with Crippen molar-refractivity contribution in [2.45, 2.75) is 39.7 Å². The number of hydrogen-bond donors (Lipinski definition) is 1. The van der Waals surface area contributed by atoms with Gasteiger partial charge in [0.15, 0.2) is 0 Å². The number of anilines is 1. The first kappa shape index (κ1) is 15.6. The zero-order chi connectivity index (χ0) is 15.2. The number of carbonyl (C=O) groups excluding carboxylic acids is 1. The molecule has 1 aromatic heterocycles. The van der Waals surface area contributed by atoms with Crippen molar-refractivity contribution < 1.29 is 9.53 Å². The molecule has 1 aliphatic rings. The van der Waals surface area contributed by atoms with Gasteiger partial charge in [-0.2, -0.15) is 5.10 Å². The van der Waals surface area contributed by atoms with Crippen LogP contribution in [0, 0.1) is 0 Å². The van der Waals surface area contributed by atoms with Crippen LogP contribution in [0.4, 0.5) is 5.95 Å². The molecule has 1 aliphatic heterocycles. The van der Waals surface area contributed by atoms with Gasteiger partial charge in [-0.25, -0.2) is 9.78 Å². The molecule has 0 aliphatic carbocycles. The van der Waals surface area contributed by atoms with Gasteiger partial charge in [-0.3, -0.25) is 0 Å². The fourth-order valence-electron chi connectivity index (χ4n) is 2.44. The number of nitrogens with one attached hydrogen (secondary N) is 1. The molecule has 0 spiro atoms. The highest BCUT2D eigenvalue weighted by atomic mass is 16.5. The van der Waals surface area contributed by atoms with Gasteiger partial charge in [-0.1, -0.05) is 13.8 Å². The maximum Gasteiger partial charge on any atom is 0.330 e. The lowest BCUT2D eigenvalue weighted by Crippen LogP contribution is -2.56. The van der Waals surface area contributed by atoms with Crippen molar-refractivity contribution in [3.8, 4) is 0 Å². The van der Waals surface area contributed by atoms with Crippen LogP contribution in [0.1, 0.15) is 32.2 Å². The molecule has 1 saturated heterocycles. The van der Waals surface area contributed by atoms with E-state index in [9.17, 15) is 4.79 Å². The van der Waals surface area contributed by atoms with E-state index in [-0.39, 0.29) is 5.97 Å². The third kappa shape index (κ3) is 3.47. The van der Waals surface area contributed by atoms with Crippen LogP contribution in [0.3, 0.4) is 0 Å². The summed E-state index contributed by atoms with van der Waals surface area (Å²) in [5, 5.41) is 11.7. The molecule has 2 rings (SSSR count). The molecule has 1 atom stereocenters. The summed E-state index contributed by atoms with van der Waals surface area (Å²) in [5.74, 6) is 0.273. The van der Waals surface area contributed by atoms with E-state index >= 15 is 0 Å². The molecule has 0 aromatic carbocycles. The van der Waals surface area contributed by atoms with Crippen molar-refractivity contribution in [3.05, 3.63) is 11.4 Å². The Bertz CT molecular complexity index is 494. The highest BCUT2D eigenvalue weighted by Gasteiger charge is 2.32. The second-order valence-electron chi connectivity index (χ2n) is 4.88. The zero-order valence-corrected chi connectivity index (χ0v) is 12.9. The molecule has 1 unspecified atom stereocenters. The average molecular weight is 293 g/mol. The van der Waals surface area contributed by atoms with Crippen molar-refractivity contribution in [1.29, 1.82) is 0 Å². The molecule has 1 aromatic rings. The summed E-state index contributed by atoms with van der Waals surface area (Å²) in [6.07, 6.45) is 1.62. The van der Waals surface area contributed by atoms with Gasteiger partial charge in [-0.15, -0.1) is 5.10 Å². The minimum absolute atomic E-state index is 0.245. The number of nitrogens with zero attached hydrogens (tertiary/aromatic N) is 4. The molecular weight excluding hydrogens is 270 g/mol. The molecule has 21 heavy (non-hydrogen) atoms. The number of piperazine rings is 1. The van der Waals surface area contributed by atoms with E-state index in [1.807, 2.05) is 25.7 Å². The van der Waals surface area contributed by atoms with Crippen LogP contribution in [-0.2, 0) is 22.4 Å². The Hall–Kier alpha value is -1.76. The lowest BCUT2D eigenvalue weighted by Gasteiger charge is -2.34. The van der Waals surface area contributed by atoms with Gasteiger partial charge < -0.3 is 15.0 Å². The maximum absolute atomic E-state index is 12.1. The number of ether oxygens (including phenoxy) is 1. The minimum atomic E-state index is -0.391. The van der Waals surface area contributed by atoms with Gasteiger partial charge in [0.25, 0.3) is 0 Å². The predicted molar refractivity (Wildman–Crippen MR) is 79.2 cm³/mol. The van der Waals surface area contributed by atoms with Crippen LogP contribution >= 0.6 is 0 Å². The third-order valence-electron chi connectivity index (χ3n) is 3.56. The Balaban J connectivity index is 2.26. The first-order valence-electron chi connectivity index (χ1n) is 7.57. The van der Waals surface area contributed by atoms with Crippen molar-refractivity contribution in [2.75, 3.05) is 31.1 Å². The largest absolute Gasteiger partial charge is 0.464 e. The average Bonchev–Trinajstić information content (AvgIpc) is 2.54. The highest BCUT2D eigenvalue weighted by molar-refractivity contribution is 5.80. The molecule has 7 heteroatoms. The second kappa shape index (κ2) is 7.31. The Morgan fingerprint density at radius 1 is 1.29 bits per heavy atom. The van der Waals surface area contributed by atoms with Crippen molar-refractivity contribution in [1.82, 2.24) is 20.5 Å². The van der Waals surface area contributed by atoms with Crippen molar-refractivity contribution >= 4 is 11.9 Å². The van der Waals surface area contributed by atoms with Crippen LogP contribution in [0.15, 0.2) is 0 Å². The molecular formula is C14H23N5O2. The number of hydrogen-bond acceptors (Lipinski definition) is 7. The maximum atomic E-state index is 12.1. The Labute approximate surface area is 125 Å². The number of aryl methyl sites for hydroxylation is 2. The van der Waals surface area contributed by atoms with E-state index in [2.05, 4.69) is 20.5 Å². The van der Waals surface area contributed by atoms with Crippen molar-refractivity contribution in [2.24, 2.45) is 0 Å². The Kier molecular flexibility index (Phi) is 5.44. The summed E-state index contributed by atoms with van der Waals surface area (Å²) < 4.78 is 5.14. The Morgan fingerprint density at radius 3 is 2.71 bits per heavy atom. The van der Waals surface area contributed by atoms with Gasteiger partial charge in [0, 0.05) is 19.6 Å². The van der Waals surface area contributed by atoms with Gasteiger partial charge >= 0.3 is 5.97 Å². The number of carbonyl (C=O) groups is 1. The van der Waals surface area contributed by atoms with Crippen LogP contribution in [0.2, 0.25) is 0 Å². The molecule has 1 N–H and O–H groups in total. The normalized spacial score (nSPS) is 18.6. The number of rotatable bonds is 5. The van der Waals surface area contributed by atoms with Gasteiger partial charge in [0.05, 0.1) is 18.0 Å². The monoisotopic (exact) mass is 293 g/mol. The SMILES string of the molecule is CCOC(=O)C1CNCCN1c1nnc(CC)c(CC)n1. The van der Waals surface area contributed by atoms with Crippen LogP contribution in [0.25, 0.3) is 0 Å². The van der Waals surface area contributed by atoms with Gasteiger partial charge in [-0.05, 0) is 19.8 Å². The fourth-order valence-corrected chi connectivity index (χ4v) is 2.44. The predicted octanol–water partition coefficient (Wildman–Crippen LogP) is 0.338. The topological polar surface area (TPSA) is 80.2 Å². The summed E-state index contributed by atoms with van der Waals surface area (Å²) in [6.45, 7) is 8.26. The number of esters is 1. The Morgan fingerprint density at radius 2 is 2.05 bits per heavy atom. The summed E-state index contributed by atoms with van der Waals surface area (Å²) in [5.41, 5.74) is 1.87. The minimum Gasteiger partial charge on any atom is -0.464 e. The lowest BCUT2D eigenvalue weighted by atomic mass is 10.2. The van der Waals surface area contributed by atoms with E-state index in [1.165, 1.54) is 0 Å². The first-order valence-corrected chi connectivity index (χ1v) is 7.57. The summed E-state index contributed by atoms with van der Waals surface area (Å²) in [4.78, 5) is 18.6. The standard InChI is InChI=1S/C14H23N5O2/c1-4-10-11(5-2)17-18-14(16-10)19-8-7-15-9-12(19)13(20)21-6-3/h12,15H,4-9H2,1-3H3. The molecule has 0 radical (unpaired) electrons. The zero-order valence-electron chi connectivity index (χ0n) is 12.9. The first-order chi connectivity index (χ1) is 10.2. The van der Waals surface area contributed by atoms with Crippen LogP contribution in [-0.4, -0.2) is 53.4 Å². The van der Waals surface area contributed by atoms with Crippen LogP contribution < -0.4 is 10.2 Å². The van der Waals surface area contributed by atoms with E-state index < -0.39 is 6.04 Å². The van der Waals surface area contributed by atoms with E-state index in [0.29, 0.717) is 25.6 Å². The van der Waals surface area contributed by atoms with E-state index in [0.717, 1.165) is 30.8 Å². The molecule has 2 heterocycles. The molecule has 7 nitrogen and oxygen atoms in total. The molecule has 116 valence electrons. The quantitative estimate of drug-likeness (QED) is 0.784. The number of aromatic nitrogens is 3. The smallest absolute Gasteiger partial charge is 0.330 e. The van der Waals surface area contributed by atoms with Gasteiger partial charge in [0.2, 0.25) is 5.95 Å². The summed E-state index contributed by atoms with van der Waals surface area (Å²) in [6, 6.07) is -0.391. The van der Waals surface area contributed by atoms with E-state index in [1.54, 1.807) is 0 Å². The summed E-state index contributed by atoms with van der Waals surface area (Å²) >= 11 is 0.